The van der Waals surface area contributed by atoms with Crippen LogP contribution in [0.3, 0.4) is 0 Å². The summed E-state index contributed by atoms with van der Waals surface area (Å²) in [7, 11) is 0. The van der Waals surface area contributed by atoms with E-state index in [1.54, 1.807) is 0 Å². The molecule has 122 valence electrons. The van der Waals surface area contributed by atoms with Crippen LogP contribution < -0.4 is 10.6 Å². The third-order valence-corrected chi connectivity index (χ3v) is 6.12. The lowest BCUT2D eigenvalue weighted by Crippen LogP contribution is -2.57. The Morgan fingerprint density at radius 1 is 0.619 bits per heavy atom. The molecule has 0 aromatic carbocycles. The first kappa shape index (κ1) is 15.7. The van der Waals surface area contributed by atoms with Crippen molar-refractivity contribution in [2.24, 2.45) is 0 Å². The minimum atomic E-state index is -0.337. The summed E-state index contributed by atoms with van der Waals surface area (Å²) >= 11 is 0. The molecule has 0 spiro atoms. The molecule has 2 aliphatic carbocycles. The van der Waals surface area contributed by atoms with Crippen molar-refractivity contribution in [1.29, 1.82) is 0 Å². The van der Waals surface area contributed by atoms with E-state index in [2.05, 4.69) is 10.6 Å². The van der Waals surface area contributed by atoms with Crippen molar-refractivity contribution < 1.29 is 10.2 Å². The highest BCUT2D eigenvalue weighted by Gasteiger charge is 2.42. The average Bonchev–Trinajstić information content (AvgIpc) is 3.08. The number of hydrogen-bond acceptors (Lipinski definition) is 4. The molecule has 4 nitrogen and oxygen atoms in total. The van der Waals surface area contributed by atoms with Crippen molar-refractivity contribution in [3.05, 3.63) is 0 Å². The molecule has 2 heterocycles. The molecule has 21 heavy (non-hydrogen) atoms. The predicted molar refractivity (Wildman–Crippen MR) is 84.3 cm³/mol. The van der Waals surface area contributed by atoms with Gasteiger partial charge in [-0.15, -0.1) is 0 Å². The zero-order valence-electron chi connectivity index (χ0n) is 13.2. The van der Waals surface area contributed by atoms with Crippen molar-refractivity contribution in [3.8, 4) is 0 Å². The van der Waals surface area contributed by atoms with Crippen LogP contribution in [-0.2, 0) is 0 Å². The van der Waals surface area contributed by atoms with E-state index >= 15 is 0 Å². The van der Waals surface area contributed by atoms with Gasteiger partial charge in [-0.3, -0.25) is 0 Å². The van der Waals surface area contributed by atoms with Crippen LogP contribution >= 0.6 is 0 Å². The van der Waals surface area contributed by atoms with E-state index in [4.69, 9.17) is 0 Å². The molecule has 4 fully saturated rings. The Bertz CT molecular complexity index is 326. The van der Waals surface area contributed by atoms with E-state index in [0.29, 0.717) is 12.1 Å². The maximum atomic E-state index is 10.1. The van der Waals surface area contributed by atoms with Crippen LogP contribution in [0.5, 0.6) is 0 Å². The van der Waals surface area contributed by atoms with Gasteiger partial charge in [0.25, 0.3) is 0 Å². The standard InChI is InChI=1S/C9H17NO.C8H15NO/c11-9(5-1-2-6-9)8-4-3-7-10-8;10-8(4-1-2-5-8)7-3-6-9-7/h8,10-11H,1-7H2;7,9-10H,1-6H2/t;7-/m.0/s1. The molecule has 2 atom stereocenters. The summed E-state index contributed by atoms with van der Waals surface area (Å²) in [5.41, 5.74) is -0.658. The van der Waals surface area contributed by atoms with Gasteiger partial charge in [0.1, 0.15) is 0 Å². The highest BCUT2D eigenvalue weighted by Crippen LogP contribution is 2.36. The zero-order chi connectivity index (χ0) is 14.8. The van der Waals surface area contributed by atoms with Gasteiger partial charge in [-0.05, 0) is 58.0 Å². The number of rotatable bonds is 2. The van der Waals surface area contributed by atoms with Gasteiger partial charge in [0.15, 0.2) is 0 Å². The molecule has 1 unspecified atom stereocenters. The van der Waals surface area contributed by atoms with Crippen LogP contribution in [0.1, 0.15) is 70.6 Å². The smallest absolute Gasteiger partial charge is 0.0800 e. The summed E-state index contributed by atoms with van der Waals surface area (Å²) < 4.78 is 0. The fraction of sp³-hybridized carbons (Fsp3) is 1.00. The average molecular weight is 296 g/mol. The molecule has 0 aromatic rings. The molecule has 4 aliphatic rings. The molecular formula is C17H32N2O2. The van der Waals surface area contributed by atoms with E-state index in [1.807, 2.05) is 0 Å². The molecule has 2 saturated carbocycles. The molecular weight excluding hydrogens is 264 g/mol. The quantitative estimate of drug-likeness (QED) is 0.626. The lowest BCUT2D eigenvalue weighted by molar-refractivity contribution is -0.0147. The maximum absolute atomic E-state index is 10.1. The van der Waals surface area contributed by atoms with E-state index in [-0.39, 0.29) is 11.2 Å². The largest absolute Gasteiger partial charge is 0.388 e. The van der Waals surface area contributed by atoms with Crippen molar-refractivity contribution in [3.63, 3.8) is 0 Å². The first-order valence-electron chi connectivity index (χ1n) is 9.04. The van der Waals surface area contributed by atoms with Gasteiger partial charge in [0.2, 0.25) is 0 Å². The van der Waals surface area contributed by atoms with Crippen molar-refractivity contribution in [2.75, 3.05) is 13.1 Å². The summed E-state index contributed by atoms with van der Waals surface area (Å²) in [4.78, 5) is 0. The minimum absolute atomic E-state index is 0.321. The SMILES string of the molecule is OC1(C2CCCN2)CCCC1.OC1([C@@H]2CCN2)CCCC1. The first-order chi connectivity index (χ1) is 10.1. The van der Waals surface area contributed by atoms with Gasteiger partial charge < -0.3 is 20.8 Å². The van der Waals surface area contributed by atoms with Gasteiger partial charge in [0.05, 0.1) is 11.2 Å². The van der Waals surface area contributed by atoms with E-state index in [0.717, 1.165) is 38.8 Å². The van der Waals surface area contributed by atoms with Crippen molar-refractivity contribution in [2.45, 2.75) is 93.9 Å². The number of hydrogen-bond donors (Lipinski definition) is 4. The van der Waals surface area contributed by atoms with Gasteiger partial charge in [-0.25, -0.2) is 0 Å². The van der Waals surface area contributed by atoms with Gasteiger partial charge in [-0.2, -0.15) is 0 Å². The summed E-state index contributed by atoms with van der Waals surface area (Å²) in [6.45, 7) is 2.21. The lowest BCUT2D eigenvalue weighted by Gasteiger charge is -2.39. The molecule has 0 bridgehead atoms. The van der Waals surface area contributed by atoms with Crippen LogP contribution in [0.25, 0.3) is 0 Å². The normalized spacial score (nSPS) is 36.9. The van der Waals surface area contributed by atoms with Crippen LogP contribution in [0, 0.1) is 0 Å². The Labute approximate surface area is 128 Å². The number of nitrogens with one attached hydrogen (secondary N) is 2. The summed E-state index contributed by atoms with van der Waals surface area (Å²) in [6.07, 6.45) is 12.5. The highest BCUT2D eigenvalue weighted by atomic mass is 16.3. The van der Waals surface area contributed by atoms with Gasteiger partial charge >= 0.3 is 0 Å². The van der Waals surface area contributed by atoms with Crippen molar-refractivity contribution >= 4 is 0 Å². The molecule has 4 rings (SSSR count). The zero-order valence-corrected chi connectivity index (χ0v) is 13.2. The predicted octanol–water partition coefficient (Wildman–Crippen LogP) is 1.70. The topological polar surface area (TPSA) is 64.5 Å². The third kappa shape index (κ3) is 3.44. The Morgan fingerprint density at radius 3 is 1.43 bits per heavy atom. The van der Waals surface area contributed by atoms with Crippen LogP contribution in [-0.4, -0.2) is 46.6 Å². The fourth-order valence-corrected chi connectivity index (χ4v) is 4.56. The molecule has 0 amide bonds. The van der Waals surface area contributed by atoms with E-state index < -0.39 is 0 Å². The highest BCUT2D eigenvalue weighted by molar-refractivity contribution is 4.99. The van der Waals surface area contributed by atoms with Crippen LogP contribution in [0.4, 0.5) is 0 Å². The monoisotopic (exact) mass is 296 g/mol. The maximum Gasteiger partial charge on any atom is 0.0800 e. The van der Waals surface area contributed by atoms with E-state index in [1.165, 1.54) is 44.9 Å². The Balaban J connectivity index is 0.000000126. The Hall–Kier alpha value is -0.160. The summed E-state index contributed by atoms with van der Waals surface area (Å²) in [6, 6.07) is 0.833. The van der Waals surface area contributed by atoms with Crippen LogP contribution in [0.2, 0.25) is 0 Å². The molecule has 2 saturated heterocycles. The second kappa shape index (κ2) is 6.53. The number of aliphatic hydroxyl groups is 2. The van der Waals surface area contributed by atoms with Crippen LogP contribution in [0.15, 0.2) is 0 Å². The van der Waals surface area contributed by atoms with Gasteiger partial charge in [-0.1, -0.05) is 25.7 Å². The molecule has 2 aliphatic heterocycles. The molecule has 4 heteroatoms. The van der Waals surface area contributed by atoms with Crippen molar-refractivity contribution in [1.82, 2.24) is 10.6 Å². The molecule has 0 aromatic heterocycles. The lowest BCUT2D eigenvalue weighted by atomic mass is 9.86. The third-order valence-electron chi connectivity index (χ3n) is 6.12. The molecule has 4 N–H and O–H groups in total. The first-order valence-corrected chi connectivity index (χ1v) is 9.04. The fourth-order valence-electron chi connectivity index (χ4n) is 4.56. The Kier molecular flexibility index (Phi) is 4.89. The van der Waals surface area contributed by atoms with E-state index in [9.17, 15) is 10.2 Å². The van der Waals surface area contributed by atoms with Gasteiger partial charge in [0, 0.05) is 12.1 Å². The minimum Gasteiger partial charge on any atom is -0.388 e. The summed E-state index contributed by atoms with van der Waals surface area (Å²) in [5, 5.41) is 26.7. The second-order valence-corrected chi connectivity index (χ2v) is 7.57. The molecule has 0 radical (unpaired) electrons. The second-order valence-electron chi connectivity index (χ2n) is 7.57. The summed E-state index contributed by atoms with van der Waals surface area (Å²) in [5.74, 6) is 0. The Morgan fingerprint density at radius 2 is 1.10 bits per heavy atom.